The quantitative estimate of drug-likeness (QED) is 0.666. The molecule has 0 aromatic rings. The SMILES string of the molecule is CCN(C1=C(C#N)CCC1)[Si](C)(C)C. The van der Waals surface area contributed by atoms with Gasteiger partial charge in [0.2, 0.25) is 0 Å². The molecule has 0 aromatic heterocycles. The van der Waals surface area contributed by atoms with Crippen molar-refractivity contribution in [3.8, 4) is 6.07 Å². The van der Waals surface area contributed by atoms with E-state index in [1.165, 1.54) is 12.1 Å². The van der Waals surface area contributed by atoms with Gasteiger partial charge in [0, 0.05) is 17.8 Å². The predicted octanol–water partition coefficient (Wildman–Crippen LogP) is 3.10. The number of hydrogen-bond acceptors (Lipinski definition) is 2. The molecule has 0 heterocycles. The highest BCUT2D eigenvalue weighted by atomic mass is 28.3. The molecule has 1 aliphatic rings. The van der Waals surface area contributed by atoms with Crippen LogP contribution in [-0.4, -0.2) is 19.3 Å². The lowest BCUT2D eigenvalue weighted by Crippen LogP contribution is -2.45. The molecule has 3 heteroatoms. The number of rotatable bonds is 3. The van der Waals surface area contributed by atoms with Gasteiger partial charge in [0.15, 0.2) is 0 Å². The molecular formula is C11H20N2Si. The second-order valence-corrected chi connectivity index (χ2v) is 9.69. The minimum absolute atomic E-state index is 0.993. The summed E-state index contributed by atoms with van der Waals surface area (Å²) >= 11 is 0. The van der Waals surface area contributed by atoms with Gasteiger partial charge in [-0.05, 0) is 26.2 Å². The molecule has 0 N–H and O–H groups in total. The van der Waals surface area contributed by atoms with Crippen LogP contribution in [0, 0.1) is 11.3 Å². The van der Waals surface area contributed by atoms with Crippen molar-refractivity contribution in [2.24, 2.45) is 0 Å². The third kappa shape index (κ3) is 2.19. The van der Waals surface area contributed by atoms with E-state index in [1.807, 2.05) is 0 Å². The molecule has 0 unspecified atom stereocenters. The Balaban J connectivity index is 2.96. The van der Waals surface area contributed by atoms with Crippen LogP contribution in [0.2, 0.25) is 19.6 Å². The second-order valence-electron chi connectivity index (χ2n) is 4.81. The Morgan fingerprint density at radius 2 is 2.00 bits per heavy atom. The summed E-state index contributed by atoms with van der Waals surface area (Å²) in [7, 11) is -1.29. The monoisotopic (exact) mass is 208 g/mol. The number of allylic oxidation sites excluding steroid dienone is 2. The van der Waals surface area contributed by atoms with Crippen LogP contribution in [-0.2, 0) is 0 Å². The van der Waals surface area contributed by atoms with Crippen LogP contribution in [0.3, 0.4) is 0 Å². The van der Waals surface area contributed by atoms with Crippen LogP contribution < -0.4 is 0 Å². The van der Waals surface area contributed by atoms with Crippen molar-refractivity contribution in [3.05, 3.63) is 11.3 Å². The molecule has 0 saturated carbocycles. The summed E-state index contributed by atoms with van der Waals surface area (Å²) in [6, 6.07) is 2.36. The first-order chi connectivity index (χ1) is 6.50. The third-order valence-electron chi connectivity index (χ3n) is 2.78. The van der Waals surface area contributed by atoms with E-state index in [0.29, 0.717) is 0 Å². The number of nitriles is 1. The van der Waals surface area contributed by atoms with Crippen LogP contribution in [0.25, 0.3) is 0 Å². The standard InChI is InChI=1S/C11H20N2Si/c1-5-13(14(2,3)4)11-8-6-7-10(11)9-12/h5-8H2,1-4H3. The summed E-state index contributed by atoms with van der Waals surface area (Å²) < 4.78 is 2.50. The topological polar surface area (TPSA) is 27.0 Å². The lowest BCUT2D eigenvalue weighted by Gasteiger charge is -2.36. The van der Waals surface area contributed by atoms with E-state index in [4.69, 9.17) is 5.26 Å². The molecule has 0 aliphatic heterocycles. The van der Waals surface area contributed by atoms with Gasteiger partial charge in [-0.25, -0.2) is 0 Å². The normalized spacial score (nSPS) is 17.1. The summed E-state index contributed by atoms with van der Waals surface area (Å²) in [5.74, 6) is 0. The molecule has 0 bridgehead atoms. The molecule has 0 aromatic carbocycles. The molecule has 1 rings (SSSR count). The minimum Gasteiger partial charge on any atom is -0.401 e. The fourth-order valence-electron chi connectivity index (χ4n) is 2.22. The molecule has 0 radical (unpaired) electrons. The van der Waals surface area contributed by atoms with Gasteiger partial charge in [0.1, 0.15) is 8.24 Å². The summed E-state index contributed by atoms with van der Waals surface area (Å²) in [5, 5.41) is 9.03. The van der Waals surface area contributed by atoms with Crippen molar-refractivity contribution in [2.75, 3.05) is 6.54 Å². The molecule has 0 amide bonds. The van der Waals surface area contributed by atoms with E-state index in [1.54, 1.807) is 0 Å². The van der Waals surface area contributed by atoms with Gasteiger partial charge in [-0.15, -0.1) is 0 Å². The predicted molar refractivity (Wildman–Crippen MR) is 62.2 cm³/mol. The lowest BCUT2D eigenvalue weighted by molar-refractivity contribution is 0.526. The van der Waals surface area contributed by atoms with E-state index in [0.717, 1.165) is 25.0 Å². The molecular weight excluding hydrogens is 188 g/mol. The Morgan fingerprint density at radius 3 is 2.43 bits per heavy atom. The number of nitrogens with zero attached hydrogens (tertiary/aromatic N) is 2. The molecule has 0 spiro atoms. The largest absolute Gasteiger partial charge is 0.401 e. The van der Waals surface area contributed by atoms with E-state index in [-0.39, 0.29) is 0 Å². The van der Waals surface area contributed by atoms with Crippen molar-refractivity contribution in [2.45, 2.75) is 45.8 Å². The molecule has 0 saturated heterocycles. The molecule has 14 heavy (non-hydrogen) atoms. The first-order valence-electron chi connectivity index (χ1n) is 5.40. The molecule has 78 valence electrons. The fourth-order valence-corrected chi connectivity index (χ4v) is 4.22. The highest BCUT2D eigenvalue weighted by Crippen LogP contribution is 2.31. The summed E-state index contributed by atoms with van der Waals surface area (Å²) in [4.78, 5) is 0. The first-order valence-corrected chi connectivity index (χ1v) is 8.85. The van der Waals surface area contributed by atoms with Gasteiger partial charge in [0.05, 0.1) is 6.07 Å². The molecule has 0 atom stereocenters. The third-order valence-corrected chi connectivity index (χ3v) is 4.98. The van der Waals surface area contributed by atoms with Crippen LogP contribution in [0.5, 0.6) is 0 Å². The van der Waals surface area contributed by atoms with Crippen LogP contribution in [0.4, 0.5) is 0 Å². The van der Waals surface area contributed by atoms with Crippen molar-refractivity contribution in [1.29, 1.82) is 5.26 Å². The van der Waals surface area contributed by atoms with Gasteiger partial charge in [0.25, 0.3) is 0 Å². The molecule has 2 nitrogen and oxygen atoms in total. The summed E-state index contributed by atoms with van der Waals surface area (Å²) in [6.07, 6.45) is 3.27. The smallest absolute Gasteiger partial charge is 0.147 e. The van der Waals surface area contributed by atoms with E-state index < -0.39 is 8.24 Å². The Morgan fingerprint density at radius 1 is 1.36 bits per heavy atom. The van der Waals surface area contributed by atoms with E-state index >= 15 is 0 Å². The average Bonchev–Trinajstić information content (AvgIpc) is 2.51. The highest BCUT2D eigenvalue weighted by molar-refractivity contribution is 6.73. The highest BCUT2D eigenvalue weighted by Gasteiger charge is 2.28. The Bertz CT molecular complexity index is 281. The lowest BCUT2D eigenvalue weighted by atomic mass is 10.2. The zero-order valence-corrected chi connectivity index (χ0v) is 10.7. The summed E-state index contributed by atoms with van der Waals surface area (Å²) in [6.45, 7) is 10.3. The van der Waals surface area contributed by atoms with Crippen LogP contribution in [0.1, 0.15) is 26.2 Å². The van der Waals surface area contributed by atoms with Gasteiger partial charge in [-0.3, -0.25) is 0 Å². The van der Waals surface area contributed by atoms with Crippen LogP contribution in [0.15, 0.2) is 11.3 Å². The maximum Gasteiger partial charge on any atom is 0.147 e. The molecule has 0 fully saturated rings. The van der Waals surface area contributed by atoms with E-state index in [9.17, 15) is 0 Å². The molecule has 1 aliphatic carbocycles. The van der Waals surface area contributed by atoms with Crippen molar-refractivity contribution in [3.63, 3.8) is 0 Å². The Kier molecular flexibility index (Phi) is 3.38. The maximum atomic E-state index is 9.03. The van der Waals surface area contributed by atoms with Gasteiger partial charge in [-0.2, -0.15) is 5.26 Å². The Labute approximate surface area is 88.3 Å². The van der Waals surface area contributed by atoms with Gasteiger partial charge >= 0.3 is 0 Å². The van der Waals surface area contributed by atoms with E-state index in [2.05, 4.69) is 37.2 Å². The average molecular weight is 208 g/mol. The van der Waals surface area contributed by atoms with Gasteiger partial charge in [-0.1, -0.05) is 19.6 Å². The zero-order chi connectivity index (χ0) is 10.8. The van der Waals surface area contributed by atoms with Crippen LogP contribution >= 0.6 is 0 Å². The fraction of sp³-hybridized carbons (Fsp3) is 0.727. The first kappa shape index (κ1) is 11.3. The van der Waals surface area contributed by atoms with Crippen molar-refractivity contribution < 1.29 is 0 Å². The Hall–Kier alpha value is -0.753. The maximum absolute atomic E-state index is 9.03. The zero-order valence-electron chi connectivity index (χ0n) is 9.72. The van der Waals surface area contributed by atoms with Gasteiger partial charge < -0.3 is 4.57 Å². The van der Waals surface area contributed by atoms with Crippen molar-refractivity contribution >= 4 is 8.24 Å². The number of hydrogen-bond donors (Lipinski definition) is 0. The second kappa shape index (κ2) is 4.18. The van der Waals surface area contributed by atoms with Crippen molar-refractivity contribution in [1.82, 2.24) is 4.57 Å². The summed E-state index contributed by atoms with van der Waals surface area (Å²) in [5.41, 5.74) is 2.38. The minimum atomic E-state index is -1.29.